The van der Waals surface area contributed by atoms with Crippen LogP contribution in [-0.4, -0.2) is 26.4 Å². The van der Waals surface area contributed by atoms with Crippen molar-refractivity contribution in [3.05, 3.63) is 70.0 Å². The Morgan fingerprint density at radius 2 is 2.21 bits per heavy atom. The lowest BCUT2D eigenvalue weighted by molar-refractivity contribution is 0.112. The van der Waals surface area contributed by atoms with E-state index in [0.717, 1.165) is 12.5 Å². The number of rotatable bonds is 6. The third-order valence-corrected chi connectivity index (χ3v) is 3.15. The van der Waals surface area contributed by atoms with E-state index in [1.807, 2.05) is 0 Å². The van der Waals surface area contributed by atoms with Crippen LogP contribution in [0.3, 0.4) is 0 Å². The van der Waals surface area contributed by atoms with E-state index in [1.54, 1.807) is 30.5 Å². The lowest BCUT2D eigenvalue weighted by atomic mass is 10.2. The van der Waals surface area contributed by atoms with Crippen LogP contribution in [0.1, 0.15) is 21.8 Å². The van der Waals surface area contributed by atoms with Crippen LogP contribution in [0, 0.1) is 0 Å². The predicted octanol–water partition coefficient (Wildman–Crippen LogP) is 1.38. The van der Waals surface area contributed by atoms with Gasteiger partial charge in [-0.05, 0) is 12.1 Å². The topological polar surface area (TPSA) is 107 Å². The second kappa shape index (κ2) is 6.78. The Kier molecular flexibility index (Phi) is 4.37. The van der Waals surface area contributed by atoms with Gasteiger partial charge in [0.15, 0.2) is 5.75 Å². The molecule has 0 amide bonds. The number of hydrogen-bond acceptors (Lipinski definition) is 7. The molecular weight excluding hydrogens is 314 g/mol. The van der Waals surface area contributed by atoms with Gasteiger partial charge in [0.05, 0.1) is 6.20 Å². The van der Waals surface area contributed by atoms with Gasteiger partial charge in [-0.2, -0.15) is 0 Å². The number of benzene rings is 1. The number of aldehydes is 1. The van der Waals surface area contributed by atoms with Crippen molar-refractivity contribution in [2.45, 2.75) is 13.2 Å². The zero-order chi connectivity index (χ0) is 16.9. The van der Waals surface area contributed by atoms with E-state index in [0.29, 0.717) is 22.8 Å². The van der Waals surface area contributed by atoms with E-state index >= 15 is 0 Å². The van der Waals surface area contributed by atoms with Gasteiger partial charge in [-0.1, -0.05) is 17.3 Å². The number of nitrogens with zero attached hydrogens (tertiary/aromatic N) is 3. The summed E-state index contributed by atoms with van der Waals surface area (Å²) in [5, 5.41) is 17.0. The summed E-state index contributed by atoms with van der Waals surface area (Å²) >= 11 is 0. The standard InChI is InChI=1S/C16H13N3O5/c20-8-11-2-1-3-13(4-11)23-9-12-6-19(18-17-12)7-14-5-15(21)16(22)10-24-14/h1-6,8,10,22H,7,9H2. The number of aromatic hydroxyl groups is 1. The summed E-state index contributed by atoms with van der Waals surface area (Å²) in [6.45, 7) is 0.380. The summed E-state index contributed by atoms with van der Waals surface area (Å²) < 4.78 is 12.1. The highest BCUT2D eigenvalue weighted by molar-refractivity contribution is 5.75. The molecule has 2 aromatic heterocycles. The van der Waals surface area contributed by atoms with Crippen LogP contribution in [0.2, 0.25) is 0 Å². The van der Waals surface area contributed by atoms with E-state index in [1.165, 1.54) is 10.7 Å². The molecule has 0 unspecified atom stereocenters. The molecule has 122 valence electrons. The van der Waals surface area contributed by atoms with Gasteiger partial charge in [0.2, 0.25) is 5.43 Å². The Morgan fingerprint density at radius 1 is 1.33 bits per heavy atom. The maximum atomic E-state index is 11.3. The van der Waals surface area contributed by atoms with Gasteiger partial charge in [0, 0.05) is 11.6 Å². The molecule has 8 nitrogen and oxygen atoms in total. The fourth-order valence-electron chi connectivity index (χ4n) is 2.00. The van der Waals surface area contributed by atoms with Crippen LogP contribution in [0.15, 0.2) is 52.0 Å². The molecule has 0 spiro atoms. The van der Waals surface area contributed by atoms with Crippen molar-refractivity contribution in [3.8, 4) is 11.5 Å². The third-order valence-electron chi connectivity index (χ3n) is 3.15. The average Bonchev–Trinajstić information content (AvgIpc) is 3.04. The van der Waals surface area contributed by atoms with Crippen molar-refractivity contribution >= 4 is 6.29 Å². The minimum Gasteiger partial charge on any atom is -0.502 e. The normalized spacial score (nSPS) is 10.5. The molecule has 0 bridgehead atoms. The molecule has 0 aliphatic carbocycles. The first kappa shape index (κ1) is 15.5. The Morgan fingerprint density at radius 3 is 3.00 bits per heavy atom. The molecule has 8 heteroatoms. The second-order valence-electron chi connectivity index (χ2n) is 4.98. The molecule has 1 aromatic carbocycles. The number of carbonyl (C=O) groups excluding carboxylic acids is 1. The van der Waals surface area contributed by atoms with E-state index in [9.17, 15) is 9.59 Å². The first-order valence-corrected chi connectivity index (χ1v) is 7.02. The van der Waals surface area contributed by atoms with Gasteiger partial charge in [0.25, 0.3) is 0 Å². The van der Waals surface area contributed by atoms with Crippen LogP contribution < -0.4 is 10.2 Å². The van der Waals surface area contributed by atoms with Gasteiger partial charge in [-0.25, -0.2) is 4.68 Å². The summed E-state index contributed by atoms with van der Waals surface area (Å²) in [5.74, 6) is 0.455. The Bertz CT molecular complexity index is 916. The van der Waals surface area contributed by atoms with Gasteiger partial charge < -0.3 is 14.3 Å². The molecule has 0 radical (unpaired) electrons. The van der Waals surface area contributed by atoms with Gasteiger partial charge in [-0.15, -0.1) is 5.10 Å². The summed E-state index contributed by atoms with van der Waals surface area (Å²) in [5.41, 5.74) is 0.584. The number of aromatic nitrogens is 3. The molecule has 0 saturated carbocycles. The molecule has 0 atom stereocenters. The summed E-state index contributed by atoms with van der Waals surface area (Å²) in [6.07, 6.45) is 3.38. The number of ether oxygens (including phenoxy) is 1. The van der Waals surface area contributed by atoms with E-state index < -0.39 is 11.2 Å². The molecule has 0 aliphatic heterocycles. The zero-order valence-electron chi connectivity index (χ0n) is 12.5. The van der Waals surface area contributed by atoms with Crippen molar-refractivity contribution in [2.75, 3.05) is 0 Å². The SMILES string of the molecule is O=Cc1cccc(OCc2cn(Cc3cc(=O)c(O)co3)nn2)c1. The molecule has 3 rings (SSSR count). The number of carbonyl (C=O) groups is 1. The summed E-state index contributed by atoms with van der Waals surface area (Å²) in [7, 11) is 0. The van der Waals surface area contributed by atoms with Crippen molar-refractivity contribution in [2.24, 2.45) is 0 Å². The van der Waals surface area contributed by atoms with Crippen molar-refractivity contribution in [1.82, 2.24) is 15.0 Å². The quantitative estimate of drug-likeness (QED) is 0.681. The second-order valence-corrected chi connectivity index (χ2v) is 4.98. The minimum atomic E-state index is -0.519. The maximum absolute atomic E-state index is 11.3. The maximum Gasteiger partial charge on any atom is 0.226 e. The minimum absolute atomic E-state index is 0.182. The fraction of sp³-hybridized carbons (Fsp3) is 0.125. The van der Waals surface area contributed by atoms with Crippen LogP contribution in [0.4, 0.5) is 0 Å². The van der Waals surface area contributed by atoms with Crippen LogP contribution in [-0.2, 0) is 13.2 Å². The Balaban J connectivity index is 1.63. The molecule has 1 N–H and O–H groups in total. The highest BCUT2D eigenvalue weighted by Crippen LogP contribution is 2.13. The first-order chi connectivity index (χ1) is 11.6. The molecule has 3 aromatic rings. The number of hydrogen-bond donors (Lipinski definition) is 1. The van der Waals surface area contributed by atoms with Gasteiger partial charge in [0.1, 0.15) is 42.9 Å². The highest BCUT2D eigenvalue weighted by atomic mass is 16.5. The van der Waals surface area contributed by atoms with Crippen LogP contribution >= 0.6 is 0 Å². The third kappa shape index (κ3) is 3.67. The molecule has 0 saturated heterocycles. The smallest absolute Gasteiger partial charge is 0.226 e. The van der Waals surface area contributed by atoms with Gasteiger partial charge >= 0.3 is 0 Å². The van der Waals surface area contributed by atoms with Crippen molar-refractivity contribution in [3.63, 3.8) is 0 Å². The van der Waals surface area contributed by atoms with Crippen LogP contribution in [0.25, 0.3) is 0 Å². The van der Waals surface area contributed by atoms with Crippen molar-refractivity contribution in [1.29, 1.82) is 0 Å². The summed E-state index contributed by atoms with van der Waals surface area (Å²) in [4.78, 5) is 22.1. The molecule has 24 heavy (non-hydrogen) atoms. The lowest BCUT2D eigenvalue weighted by Crippen LogP contribution is -2.05. The van der Waals surface area contributed by atoms with E-state index in [4.69, 9.17) is 14.3 Å². The van der Waals surface area contributed by atoms with E-state index in [-0.39, 0.29) is 13.2 Å². The first-order valence-electron chi connectivity index (χ1n) is 7.02. The molecule has 2 heterocycles. The van der Waals surface area contributed by atoms with E-state index in [2.05, 4.69) is 10.3 Å². The van der Waals surface area contributed by atoms with Crippen LogP contribution in [0.5, 0.6) is 11.5 Å². The Hall–Kier alpha value is -3.42. The highest BCUT2D eigenvalue weighted by Gasteiger charge is 2.06. The largest absolute Gasteiger partial charge is 0.502 e. The average molecular weight is 327 g/mol. The molecule has 0 fully saturated rings. The lowest BCUT2D eigenvalue weighted by Gasteiger charge is -2.03. The summed E-state index contributed by atoms with van der Waals surface area (Å²) in [6, 6.07) is 7.97. The molecule has 0 aliphatic rings. The zero-order valence-corrected chi connectivity index (χ0v) is 12.5. The van der Waals surface area contributed by atoms with Crippen molar-refractivity contribution < 1.29 is 19.1 Å². The Labute approximate surface area is 135 Å². The van der Waals surface area contributed by atoms with Gasteiger partial charge in [-0.3, -0.25) is 9.59 Å². The monoisotopic (exact) mass is 327 g/mol. The molecular formula is C16H13N3O5. The predicted molar refractivity (Wildman–Crippen MR) is 81.9 cm³/mol. The fourth-order valence-corrected chi connectivity index (χ4v) is 2.00.